The summed E-state index contributed by atoms with van der Waals surface area (Å²) in [6, 6.07) is 9.73. The number of nitrogens with one attached hydrogen (secondary N) is 1. The Morgan fingerprint density at radius 1 is 1.34 bits per heavy atom. The first-order valence-electron chi connectivity index (χ1n) is 9.66. The highest BCUT2D eigenvalue weighted by molar-refractivity contribution is 7.13. The zero-order chi connectivity index (χ0) is 20.2. The molecular formula is C21H24N4O3S. The lowest BCUT2D eigenvalue weighted by molar-refractivity contribution is -0.121. The number of ether oxygens (including phenoxy) is 1. The molecule has 0 bridgehead atoms. The van der Waals surface area contributed by atoms with Crippen molar-refractivity contribution in [1.29, 1.82) is 0 Å². The van der Waals surface area contributed by atoms with Gasteiger partial charge in [-0.3, -0.25) is 9.69 Å². The third kappa shape index (κ3) is 4.65. The van der Waals surface area contributed by atoms with Crippen LogP contribution >= 0.6 is 11.3 Å². The second-order valence-corrected chi connectivity index (χ2v) is 8.18. The molecule has 3 heterocycles. The van der Waals surface area contributed by atoms with E-state index in [1.54, 1.807) is 18.4 Å². The number of nitrogens with zero attached hydrogens (tertiary/aromatic N) is 3. The van der Waals surface area contributed by atoms with Crippen LogP contribution in [0.1, 0.15) is 24.3 Å². The number of carbonyl (C=O) groups is 1. The molecule has 7 nitrogen and oxygen atoms in total. The highest BCUT2D eigenvalue weighted by Crippen LogP contribution is 2.28. The number of aromatic nitrogens is 2. The minimum absolute atomic E-state index is 0.0131. The van der Waals surface area contributed by atoms with Crippen molar-refractivity contribution in [3.8, 4) is 16.5 Å². The Labute approximate surface area is 173 Å². The fourth-order valence-electron chi connectivity index (χ4n) is 3.52. The predicted octanol–water partition coefficient (Wildman–Crippen LogP) is 3.97. The SMILES string of the molecule is COc1ccc(C)cc1NC(=O)C1CCN(Cc2nc(-c3cccs3)no2)CC1. The van der Waals surface area contributed by atoms with Gasteiger partial charge in [0.05, 0.1) is 24.2 Å². The molecule has 2 aromatic heterocycles. The Morgan fingerprint density at radius 2 is 2.17 bits per heavy atom. The van der Waals surface area contributed by atoms with E-state index in [0.29, 0.717) is 24.0 Å². The van der Waals surface area contributed by atoms with Gasteiger partial charge < -0.3 is 14.6 Å². The van der Waals surface area contributed by atoms with Crippen LogP contribution in [0.5, 0.6) is 5.75 Å². The molecule has 1 fully saturated rings. The molecule has 1 aliphatic heterocycles. The Balaban J connectivity index is 1.30. The summed E-state index contributed by atoms with van der Waals surface area (Å²) in [4.78, 5) is 20.5. The summed E-state index contributed by atoms with van der Waals surface area (Å²) in [7, 11) is 1.61. The number of hydrogen-bond acceptors (Lipinski definition) is 7. The van der Waals surface area contributed by atoms with Gasteiger partial charge in [-0.2, -0.15) is 4.98 Å². The van der Waals surface area contributed by atoms with E-state index < -0.39 is 0 Å². The largest absolute Gasteiger partial charge is 0.495 e. The first-order chi connectivity index (χ1) is 14.1. The minimum atomic E-state index is -0.0131. The quantitative estimate of drug-likeness (QED) is 0.660. The highest BCUT2D eigenvalue weighted by Gasteiger charge is 2.26. The van der Waals surface area contributed by atoms with E-state index in [9.17, 15) is 4.79 Å². The Kier molecular flexibility index (Phi) is 5.92. The molecule has 1 N–H and O–H groups in total. The molecule has 1 aromatic carbocycles. The van der Waals surface area contributed by atoms with E-state index in [1.807, 2.05) is 42.6 Å². The fourth-order valence-corrected chi connectivity index (χ4v) is 4.17. The topological polar surface area (TPSA) is 80.5 Å². The molecule has 0 aliphatic carbocycles. The average Bonchev–Trinajstić information content (AvgIpc) is 3.40. The van der Waals surface area contributed by atoms with E-state index in [2.05, 4.69) is 20.4 Å². The van der Waals surface area contributed by atoms with E-state index in [1.165, 1.54) is 0 Å². The lowest BCUT2D eigenvalue weighted by Gasteiger charge is -2.30. The lowest BCUT2D eigenvalue weighted by atomic mass is 9.95. The smallest absolute Gasteiger partial charge is 0.241 e. The molecule has 8 heteroatoms. The second kappa shape index (κ2) is 8.75. The number of likely N-dealkylation sites (tertiary alicyclic amines) is 1. The van der Waals surface area contributed by atoms with Crippen molar-refractivity contribution in [1.82, 2.24) is 15.0 Å². The molecule has 152 valence electrons. The standard InChI is InChI=1S/C21H24N4O3S/c1-14-5-6-17(27-2)16(12-14)22-21(26)15-7-9-25(10-8-15)13-19-23-20(24-28-19)18-4-3-11-29-18/h3-6,11-12,15H,7-10,13H2,1-2H3,(H,22,26). The van der Waals surface area contributed by atoms with E-state index in [4.69, 9.17) is 9.26 Å². The molecular weight excluding hydrogens is 388 g/mol. The van der Waals surface area contributed by atoms with E-state index in [-0.39, 0.29) is 11.8 Å². The molecule has 0 spiro atoms. The third-order valence-corrected chi connectivity index (χ3v) is 6.01. The van der Waals surface area contributed by atoms with Crippen LogP contribution < -0.4 is 10.1 Å². The molecule has 3 aromatic rings. The van der Waals surface area contributed by atoms with Gasteiger partial charge in [0, 0.05) is 5.92 Å². The summed E-state index contributed by atoms with van der Waals surface area (Å²) >= 11 is 1.59. The maximum absolute atomic E-state index is 12.7. The number of rotatable bonds is 6. The van der Waals surface area contributed by atoms with E-state index in [0.717, 1.165) is 42.1 Å². The van der Waals surface area contributed by atoms with Gasteiger partial charge in [-0.25, -0.2) is 0 Å². The van der Waals surface area contributed by atoms with Gasteiger partial charge in [0.2, 0.25) is 17.6 Å². The van der Waals surface area contributed by atoms with Crippen molar-refractivity contribution < 1.29 is 14.1 Å². The van der Waals surface area contributed by atoms with Crippen LogP contribution in [0.4, 0.5) is 5.69 Å². The van der Waals surface area contributed by atoms with Gasteiger partial charge in [0.1, 0.15) is 5.75 Å². The van der Waals surface area contributed by atoms with Crippen LogP contribution in [0.15, 0.2) is 40.2 Å². The summed E-state index contributed by atoms with van der Waals surface area (Å²) in [5.41, 5.74) is 1.81. The first-order valence-corrected chi connectivity index (χ1v) is 10.5. The number of anilines is 1. The van der Waals surface area contributed by atoms with Crippen molar-refractivity contribution >= 4 is 22.9 Å². The molecule has 0 atom stereocenters. The first kappa shape index (κ1) is 19.6. The fraction of sp³-hybridized carbons (Fsp3) is 0.381. The van der Waals surface area contributed by atoms with Crippen molar-refractivity contribution in [2.45, 2.75) is 26.3 Å². The van der Waals surface area contributed by atoms with Gasteiger partial charge in [-0.1, -0.05) is 17.3 Å². The van der Waals surface area contributed by atoms with Crippen molar-refractivity contribution in [3.63, 3.8) is 0 Å². The maximum atomic E-state index is 12.7. The highest BCUT2D eigenvalue weighted by atomic mass is 32.1. The number of amides is 1. The monoisotopic (exact) mass is 412 g/mol. The van der Waals surface area contributed by atoms with Crippen LogP contribution in [0.25, 0.3) is 10.7 Å². The lowest BCUT2D eigenvalue weighted by Crippen LogP contribution is -2.37. The molecule has 29 heavy (non-hydrogen) atoms. The normalized spacial score (nSPS) is 15.4. The van der Waals surface area contributed by atoms with Crippen molar-refractivity contribution in [2.24, 2.45) is 5.92 Å². The zero-order valence-corrected chi connectivity index (χ0v) is 17.4. The summed E-state index contributed by atoms with van der Waals surface area (Å²) in [6.07, 6.45) is 1.60. The molecule has 1 saturated heterocycles. The predicted molar refractivity (Wildman–Crippen MR) is 112 cm³/mol. The summed E-state index contributed by atoms with van der Waals surface area (Å²) in [6.45, 7) is 4.24. The average molecular weight is 413 g/mol. The van der Waals surface area contributed by atoms with Crippen LogP contribution in [-0.2, 0) is 11.3 Å². The Morgan fingerprint density at radius 3 is 2.90 bits per heavy atom. The minimum Gasteiger partial charge on any atom is -0.495 e. The van der Waals surface area contributed by atoms with Gasteiger partial charge in [0.15, 0.2) is 0 Å². The number of aryl methyl sites for hydroxylation is 1. The molecule has 0 radical (unpaired) electrons. The number of carbonyl (C=O) groups excluding carboxylic acids is 1. The van der Waals surface area contributed by atoms with Crippen molar-refractivity contribution in [2.75, 3.05) is 25.5 Å². The molecule has 0 saturated carbocycles. The van der Waals surface area contributed by atoms with E-state index >= 15 is 0 Å². The molecule has 0 unspecified atom stereocenters. The molecule has 1 aliphatic rings. The number of hydrogen-bond donors (Lipinski definition) is 1. The van der Waals surface area contributed by atoms with Gasteiger partial charge >= 0.3 is 0 Å². The summed E-state index contributed by atoms with van der Waals surface area (Å²) in [5, 5.41) is 9.09. The van der Waals surface area contributed by atoms with Crippen molar-refractivity contribution in [3.05, 3.63) is 47.2 Å². The molecule has 1 amide bonds. The van der Waals surface area contributed by atoms with Crippen LogP contribution in [0.3, 0.4) is 0 Å². The third-order valence-electron chi connectivity index (χ3n) is 5.14. The molecule has 4 rings (SSSR count). The van der Waals surface area contributed by atoms with Gasteiger partial charge in [-0.15, -0.1) is 11.3 Å². The van der Waals surface area contributed by atoms with Crippen LogP contribution in [0.2, 0.25) is 0 Å². The number of piperidine rings is 1. The zero-order valence-electron chi connectivity index (χ0n) is 16.6. The Bertz CT molecular complexity index is 962. The maximum Gasteiger partial charge on any atom is 0.241 e. The summed E-state index contributed by atoms with van der Waals surface area (Å²) < 4.78 is 10.7. The van der Waals surface area contributed by atoms with Gasteiger partial charge in [-0.05, 0) is 62.0 Å². The Hall–Kier alpha value is -2.71. The van der Waals surface area contributed by atoms with Crippen LogP contribution in [-0.4, -0.2) is 41.1 Å². The number of methoxy groups -OCH3 is 1. The number of benzene rings is 1. The van der Waals surface area contributed by atoms with Crippen LogP contribution in [0, 0.1) is 12.8 Å². The summed E-state index contributed by atoms with van der Waals surface area (Å²) in [5.74, 6) is 1.96. The second-order valence-electron chi connectivity index (χ2n) is 7.23. The number of thiophene rings is 1. The van der Waals surface area contributed by atoms with Gasteiger partial charge in [0.25, 0.3) is 0 Å².